The molecule has 4 nitrogen and oxygen atoms in total. The Hall–Kier alpha value is -2.04. The van der Waals surface area contributed by atoms with Gasteiger partial charge in [0.1, 0.15) is 11.0 Å². The second-order valence-corrected chi connectivity index (χ2v) is 5.21. The first kappa shape index (κ1) is 16.3. The number of rotatable bonds is 5. The van der Waals surface area contributed by atoms with Crippen molar-refractivity contribution >= 4 is 17.0 Å². The largest absolute Gasteiger partial charge is 1.00 e. The summed E-state index contributed by atoms with van der Waals surface area (Å²) in [5.41, 5.74) is 15.6. The summed E-state index contributed by atoms with van der Waals surface area (Å²) >= 11 is 0. The van der Waals surface area contributed by atoms with Crippen molar-refractivity contribution in [3.05, 3.63) is 60.2 Å². The van der Waals surface area contributed by atoms with E-state index in [9.17, 15) is 0 Å². The van der Waals surface area contributed by atoms with E-state index in [1.54, 1.807) is 0 Å². The first-order chi connectivity index (χ1) is 10.3. The third kappa shape index (κ3) is 3.08. The van der Waals surface area contributed by atoms with E-state index in [0.717, 1.165) is 31.0 Å². The Morgan fingerprint density at radius 2 is 1.64 bits per heavy atom. The van der Waals surface area contributed by atoms with Crippen molar-refractivity contribution in [1.29, 1.82) is 0 Å². The lowest BCUT2D eigenvalue weighted by Gasteiger charge is -2.02. The molecule has 0 saturated carbocycles. The van der Waals surface area contributed by atoms with E-state index in [0.29, 0.717) is 6.54 Å². The standard InChI is InChI=1S/C17H20N4.ClH/c18-11-6-12-20-15-9-4-5-10-16(15)21(17(20)19)13-14-7-2-1-3-8-14;/h1-5,7-10,19H,6,11-13,18H2;1H. The monoisotopic (exact) mass is 316 g/mol. The lowest BCUT2D eigenvalue weighted by Crippen LogP contribution is -3.00. The molecule has 3 rings (SSSR count). The van der Waals surface area contributed by atoms with Crippen molar-refractivity contribution in [3.63, 3.8) is 0 Å². The highest BCUT2D eigenvalue weighted by atomic mass is 35.5. The molecule has 0 bridgehead atoms. The Morgan fingerprint density at radius 1 is 0.955 bits per heavy atom. The van der Waals surface area contributed by atoms with E-state index >= 15 is 0 Å². The maximum Gasteiger partial charge on any atom is 0.356 e. The Kier molecular flexibility index (Phi) is 5.41. The van der Waals surface area contributed by atoms with Crippen LogP contribution in [-0.4, -0.2) is 11.1 Å². The first-order valence-corrected chi connectivity index (χ1v) is 7.32. The molecule has 0 spiro atoms. The first-order valence-electron chi connectivity index (χ1n) is 7.32. The van der Waals surface area contributed by atoms with Gasteiger partial charge in [-0.15, -0.1) is 0 Å². The summed E-state index contributed by atoms with van der Waals surface area (Å²) in [5.74, 6) is 0.786. The molecule has 22 heavy (non-hydrogen) atoms. The van der Waals surface area contributed by atoms with Crippen LogP contribution in [0.25, 0.3) is 11.0 Å². The molecule has 0 aliphatic rings. The van der Waals surface area contributed by atoms with Crippen LogP contribution < -0.4 is 28.4 Å². The van der Waals surface area contributed by atoms with E-state index < -0.39 is 0 Å². The number of fused-ring (bicyclic) bond motifs is 1. The number of nitrogens with zero attached hydrogens (tertiary/aromatic N) is 2. The van der Waals surface area contributed by atoms with Gasteiger partial charge in [-0.25, -0.2) is 9.13 Å². The zero-order chi connectivity index (χ0) is 14.7. The van der Waals surface area contributed by atoms with Gasteiger partial charge >= 0.3 is 5.95 Å². The van der Waals surface area contributed by atoms with Crippen LogP contribution in [0, 0.1) is 0 Å². The van der Waals surface area contributed by atoms with E-state index in [4.69, 9.17) is 11.5 Å². The number of nitrogen functional groups attached to an aromatic ring is 1. The Bertz CT molecular complexity index is 737. The van der Waals surface area contributed by atoms with Gasteiger partial charge in [-0.05, 0) is 30.7 Å². The molecule has 1 aromatic heterocycles. The molecular weight excluding hydrogens is 296 g/mol. The predicted octanol–water partition coefficient (Wildman–Crippen LogP) is -1.09. The minimum Gasteiger partial charge on any atom is -1.00 e. The fraction of sp³-hybridized carbons (Fsp3) is 0.235. The van der Waals surface area contributed by atoms with Crippen LogP contribution in [0.1, 0.15) is 12.0 Å². The minimum atomic E-state index is 0. The minimum absolute atomic E-state index is 0. The van der Waals surface area contributed by atoms with Crippen LogP contribution >= 0.6 is 0 Å². The van der Waals surface area contributed by atoms with E-state index in [1.807, 2.05) is 12.1 Å². The number of imidazole rings is 1. The van der Waals surface area contributed by atoms with Crippen LogP contribution in [0.15, 0.2) is 54.6 Å². The summed E-state index contributed by atoms with van der Waals surface area (Å²) in [4.78, 5) is 0. The summed E-state index contributed by atoms with van der Waals surface area (Å²) in [7, 11) is 0. The normalized spacial score (nSPS) is 10.6. The van der Waals surface area contributed by atoms with Crippen molar-refractivity contribution in [1.82, 2.24) is 4.57 Å². The molecule has 1 heterocycles. The van der Waals surface area contributed by atoms with E-state index in [2.05, 4.69) is 51.6 Å². The average molecular weight is 317 g/mol. The molecule has 0 radical (unpaired) electrons. The molecule has 116 valence electrons. The van der Waals surface area contributed by atoms with Gasteiger partial charge in [0, 0.05) is 0 Å². The average Bonchev–Trinajstić information content (AvgIpc) is 2.79. The number of para-hydroxylation sites is 2. The molecule has 5 heteroatoms. The molecule has 0 amide bonds. The molecule has 0 atom stereocenters. The number of halogens is 1. The van der Waals surface area contributed by atoms with Gasteiger partial charge in [0.05, 0.1) is 13.1 Å². The Balaban J connectivity index is 0.00000176. The molecule has 0 aliphatic carbocycles. The van der Waals surface area contributed by atoms with E-state index in [1.165, 1.54) is 11.1 Å². The number of anilines is 1. The topological polar surface area (TPSA) is 60.9 Å². The highest BCUT2D eigenvalue weighted by Gasteiger charge is 2.20. The van der Waals surface area contributed by atoms with Gasteiger partial charge in [0.2, 0.25) is 0 Å². The van der Waals surface area contributed by atoms with Gasteiger partial charge in [0.15, 0.2) is 0 Å². The zero-order valence-corrected chi connectivity index (χ0v) is 13.2. The zero-order valence-electron chi connectivity index (χ0n) is 12.5. The van der Waals surface area contributed by atoms with Gasteiger partial charge in [-0.1, -0.05) is 42.5 Å². The third-order valence-electron chi connectivity index (χ3n) is 3.79. The van der Waals surface area contributed by atoms with Crippen LogP contribution in [0.2, 0.25) is 0 Å². The van der Waals surface area contributed by atoms with Gasteiger partial charge in [-0.3, -0.25) is 5.73 Å². The second-order valence-electron chi connectivity index (χ2n) is 5.21. The van der Waals surface area contributed by atoms with Crippen LogP contribution in [0.4, 0.5) is 5.95 Å². The predicted molar refractivity (Wildman–Crippen MR) is 85.8 cm³/mol. The maximum absolute atomic E-state index is 6.39. The van der Waals surface area contributed by atoms with Gasteiger partial charge < -0.3 is 18.1 Å². The summed E-state index contributed by atoms with van der Waals surface area (Å²) in [5, 5.41) is 0. The van der Waals surface area contributed by atoms with Crippen LogP contribution in [0.3, 0.4) is 0 Å². The molecule has 3 aromatic rings. The SMILES string of the molecule is NCCCn1c(N)[n+](Cc2ccccc2)c2ccccc21.[Cl-]. The van der Waals surface area contributed by atoms with Gasteiger partial charge in [-0.2, -0.15) is 0 Å². The number of aryl methyl sites for hydroxylation is 1. The van der Waals surface area contributed by atoms with Crippen molar-refractivity contribution in [2.75, 3.05) is 12.3 Å². The molecule has 0 fully saturated rings. The molecule has 0 aliphatic heterocycles. The van der Waals surface area contributed by atoms with Crippen LogP contribution in [0.5, 0.6) is 0 Å². The maximum atomic E-state index is 6.39. The van der Waals surface area contributed by atoms with Crippen molar-refractivity contribution in [3.8, 4) is 0 Å². The number of hydrogen-bond acceptors (Lipinski definition) is 2. The number of hydrogen-bond donors (Lipinski definition) is 2. The molecule has 0 saturated heterocycles. The lowest BCUT2D eigenvalue weighted by atomic mass is 10.2. The fourth-order valence-corrected chi connectivity index (χ4v) is 2.73. The highest BCUT2D eigenvalue weighted by molar-refractivity contribution is 5.73. The quantitative estimate of drug-likeness (QED) is 0.588. The number of nitrogens with two attached hydrogens (primary N) is 2. The number of benzene rings is 2. The molecular formula is C17H21ClN4. The van der Waals surface area contributed by atoms with Crippen molar-refractivity contribution in [2.24, 2.45) is 5.73 Å². The summed E-state index contributed by atoms with van der Waals surface area (Å²) in [6.07, 6.45) is 0.925. The van der Waals surface area contributed by atoms with Crippen molar-refractivity contribution in [2.45, 2.75) is 19.5 Å². The van der Waals surface area contributed by atoms with Crippen LogP contribution in [-0.2, 0) is 13.1 Å². The smallest absolute Gasteiger partial charge is 0.356 e. The van der Waals surface area contributed by atoms with E-state index in [-0.39, 0.29) is 12.4 Å². The van der Waals surface area contributed by atoms with Gasteiger partial charge in [0.25, 0.3) is 0 Å². The third-order valence-corrected chi connectivity index (χ3v) is 3.79. The Labute approximate surface area is 136 Å². The summed E-state index contributed by atoms with van der Waals surface area (Å²) < 4.78 is 4.33. The molecule has 4 N–H and O–H groups in total. The molecule has 2 aromatic carbocycles. The number of aromatic nitrogens is 2. The second kappa shape index (κ2) is 7.29. The molecule has 0 unspecified atom stereocenters. The highest BCUT2D eigenvalue weighted by Crippen LogP contribution is 2.17. The fourth-order valence-electron chi connectivity index (χ4n) is 2.73. The Morgan fingerprint density at radius 3 is 2.36 bits per heavy atom. The summed E-state index contributed by atoms with van der Waals surface area (Å²) in [6, 6.07) is 18.7. The lowest BCUT2D eigenvalue weighted by molar-refractivity contribution is -0.648. The summed E-state index contributed by atoms with van der Waals surface area (Å²) in [6.45, 7) is 2.30. The van der Waals surface area contributed by atoms with Crippen molar-refractivity contribution < 1.29 is 17.0 Å².